The molecule has 1 aliphatic carbocycles. The second-order valence-electron chi connectivity index (χ2n) is 7.83. The van der Waals surface area contributed by atoms with Crippen LogP contribution < -0.4 is 10.6 Å². The SMILES string of the molecule is CCNC(=NCCCN1CCCN(C)CC1)NCCCC1CCCC1.I. The lowest BCUT2D eigenvalue weighted by Crippen LogP contribution is -2.38. The first kappa shape index (κ1) is 24.0. The van der Waals surface area contributed by atoms with Gasteiger partial charge in [0, 0.05) is 32.7 Å². The van der Waals surface area contributed by atoms with Crippen LogP contribution in [0.5, 0.6) is 0 Å². The smallest absolute Gasteiger partial charge is 0.191 e. The highest BCUT2D eigenvalue weighted by Crippen LogP contribution is 2.28. The van der Waals surface area contributed by atoms with Gasteiger partial charge < -0.3 is 20.4 Å². The largest absolute Gasteiger partial charge is 0.357 e. The van der Waals surface area contributed by atoms with Crippen molar-refractivity contribution in [3.05, 3.63) is 0 Å². The molecule has 26 heavy (non-hydrogen) atoms. The molecule has 0 unspecified atom stereocenters. The maximum Gasteiger partial charge on any atom is 0.191 e. The Balaban J connectivity index is 0.00000338. The summed E-state index contributed by atoms with van der Waals surface area (Å²) in [6, 6.07) is 0. The van der Waals surface area contributed by atoms with E-state index in [2.05, 4.69) is 34.4 Å². The zero-order valence-corrected chi connectivity index (χ0v) is 19.5. The lowest BCUT2D eigenvalue weighted by Gasteiger charge is -2.19. The lowest BCUT2D eigenvalue weighted by molar-refractivity contribution is 0.275. The molecule has 0 bridgehead atoms. The van der Waals surface area contributed by atoms with E-state index in [1.54, 1.807) is 0 Å². The number of rotatable bonds is 9. The Bertz CT molecular complexity index is 371. The third kappa shape index (κ3) is 10.3. The minimum Gasteiger partial charge on any atom is -0.357 e. The molecule has 0 atom stereocenters. The second kappa shape index (κ2) is 14.9. The average Bonchev–Trinajstić information content (AvgIpc) is 3.04. The molecule has 0 amide bonds. The quantitative estimate of drug-likeness (QED) is 0.231. The summed E-state index contributed by atoms with van der Waals surface area (Å²) in [5.74, 6) is 2.00. The van der Waals surface area contributed by atoms with Crippen LogP contribution in [0.15, 0.2) is 4.99 Å². The maximum atomic E-state index is 4.76. The topological polar surface area (TPSA) is 42.9 Å². The molecular weight excluding hydrogens is 437 g/mol. The standard InChI is InChI=1S/C20H41N5.HI/c1-3-21-20(22-12-6-11-19-9-4-5-10-19)23-13-7-15-25-16-8-14-24(2)17-18-25;/h19H,3-18H2,1-2H3,(H2,21,22,23);1H. The summed E-state index contributed by atoms with van der Waals surface area (Å²) in [6.45, 7) is 11.1. The molecule has 1 saturated carbocycles. The highest BCUT2D eigenvalue weighted by atomic mass is 127. The Morgan fingerprint density at radius 1 is 1.00 bits per heavy atom. The van der Waals surface area contributed by atoms with Crippen LogP contribution in [-0.4, -0.2) is 75.2 Å². The number of hydrogen-bond acceptors (Lipinski definition) is 3. The number of aliphatic imine (C=N–C) groups is 1. The zero-order chi connectivity index (χ0) is 17.7. The molecule has 2 aliphatic rings. The summed E-state index contributed by atoms with van der Waals surface area (Å²) in [5.41, 5.74) is 0. The Morgan fingerprint density at radius 3 is 2.58 bits per heavy atom. The monoisotopic (exact) mass is 479 g/mol. The van der Waals surface area contributed by atoms with Gasteiger partial charge in [-0.25, -0.2) is 0 Å². The second-order valence-corrected chi connectivity index (χ2v) is 7.83. The number of nitrogens with zero attached hydrogens (tertiary/aromatic N) is 3. The summed E-state index contributed by atoms with van der Waals surface area (Å²) >= 11 is 0. The third-order valence-corrected chi connectivity index (χ3v) is 5.62. The van der Waals surface area contributed by atoms with E-state index in [1.165, 1.54) is 77.7 Å². The molecule has 0 aromatic heterocycles. The van der Waals surface area contributed by atoms with Gasteiger partial charge in [-0.1, -0.05) is 25.7 Å². The van der Waals surface area contributed by atoms with Gasteiger partial charge in [0.05, 0.1) is 0 Å². The van der Waals surface area contributed by atoms with Crippen molar-refractivity contribution in [2.75, 3.05) is 59.4 Å². The Hall–Kier alpha value is -0.0800. The number of likely N-dealkylation sites (N-methyl/N-ethyl adjacent to an activating group) is 1. The van der Waals surface area contributed by atoms with Gasteiger partial charge in [0.15, 0.2) is 5.96 Å². The van der Waals surface area contributed by atoms with Crippen molar-refractivity contribution >= 4 is 29.9 Å². The first-order valence-corrected chi connectivity index (χ1v) is 10.7. The summed E-state index contributed by atoms with van der Waals surface area (Å²) in [5, 5.41) is 6.90. The van der Waals surface area contributed by atoms with Crippen LogP contribution in [-0.2, 0) is 0 Å². The molecule has 1 heterocycles. The third-order valence-electron chi connectivity index (χ3n) is 5.62. The zero-order valence-electron chi connectivity index (χ0n) is 17.1. The van der Waals surface area contributed by atoms with Gasteiger partial charge in [0.25, 0.3) is 0 Å². The summed E-state index contributed by atoms with van der Waals surface area (Å²) in [6.07, 6.45) is 10.9. The molecule has 1 saturated heterocycles. The molecule has 6 heteroatoms. The maximum absolute atomic E-state index is 4.76. The molecule has 1 aliphatic heterocycles. The van der Waals surface area contributed by atoms with Crippen LogP contribution in [0.25, 0.3) is 0 Å². The van der Waals surface area contributed by atoms with Crippen LogP contribution in [0.3, 0.4) is 0 Å². The normalized spacial score (nSPS) is 20.6. The summed E-state index contributed by atoms with van der Waals surface area (Å²) < 4.78 is 0. The number of halogens is 1. The van der Waals surface area contributed by atoms with Crippen LogP contribution in [0, 0.1) is 5.92 Å². The molecular formula is C20H42IN5. The Kier molecular flexibility index (Phi) is 13.7. The predicted octanol–water partition coefficient (Wildman–Crippen LogP) is 3.16. The Morgan fingerprint density at radius 2 is 1.81 bits per heavy atom. The van der Waals surface area contributed by atoms with Gasteiger partial charge in [-0.3, -0.25) is 4.99 Å². The van der Waals surface area contributed by atoms with E-state index in [9.17, 15) is 0 Å². The fraction of sp³-hybridized carbons (Fsp3) is 0.950. The van der Waals surface area contributed by atoms with E-state index < -0.39 is 0 Å². The van der Waals surface area contributed by atoms with Crippen molar-refractivity contribution < 1.29 is 0 Å². The Labute approximate surface area is 178 Å². The van der Waals surface area contributed by atoms with E-state index >= 15 is 0 Å². The molecule has 2 N–H and O–H groups in total. The summed E-state index contributed by atoms with van der Waals surface area (Å²) in [7, 11) is 2.23. The summed E-state index contributed by atoms with van der Waals surface area (Å²) in [4.78, 5) is 9.80. The lowest BCUT2D eigenvalue weighted by atomic mass is 10.0. The molecule has 2 rings (SSSR count). The van der Waals surface area contributed by atoms with Gasteiger partial charge in [-0.05, 0) is 65.2 Å². The minimum atomic E-state index is 0. The average molecular weight is 479 g/mol. The minimum absolute atomic E-state index is 0. The van der Waals surface area contributed by atoms with Crippen LogP contribution in [0.4, 0.5) is 0 Å². The number of nitrogens with one attached hydrogen (secondary N) is 2. The van der Waals surface area contributed by atoms with Gasteiger partial charge in [0.1, 0.15) is 0 Å². The van der Waals surface area contributed by atoms with Gasteiger partial charge >= 0.3 is 0 Å². The van der Waals surface area contributed by atoms with Crippen molar-refractivity contribution in [2.24, 2.45) is 10.9 Å². The highest BCUT2D eigenvalue weighted by molar-refractivity contribution is 14.0. The van der Waals surface area contributed by atoms with Crippen molar-refractivity contribution in [2.45, 2.75) is 58.3 Å². The molecule has 5 nitrogen and oxygen atoms in total. The van der Waals surface area contributed by atoms with E-state index in [1.807, 2.05) is 0 Å². The van der Waals surface area contributed by atoms with E-state index in [0.29, 0.717) is 0 Å². The van der Waals surface area contributed by atoms with Gasteiger partial charge in [0.2, 0.25) is 0 Å². The molecule has 0 radical (unpaired) electrons. The van der Waals surface area contributed by atoms with Crippen molar-refractivity contribution in [1.29, 1.82) is 0 Å². The molecule has 2 fully saturated rings. The van der Waals surface area contributed by atoms with Crippen LogP contribution in [0.2, 0.25) is 0 Å². The predicted molar refractivity (Wildman–Crippen MR) is 124 cm³/mol. The molecule has 0 aromatic carbocycles. The van der Waals surface area contributed by atoms with Crippen molar-refractivity contribution in [1.82, 2.24) is 20.4 Å². The van der Waals surface area contributed by atoms with Gasteiger partial charge in [-0.2, -0.15) is 0 Å². The fourth-order valence-electron chi connectivity index (χ4n) is 4.05. The number of guanidine groups is 1. The van der Waals surface area contributed by atoms with E-state index in [0.717, 1.165) is 37.9 Å². The first-order valence-electron chi connectivity index (χ1n) is 10.7. The molecule has 154 valence electrons. The fourth-order valence-corrected chi connectivity index (χ4v) is 4.05. The first-order chi connectivity index (χ1) is 12.3. The number of hydrogen-bond donors (Lipinski definition) is 2. The molecule has 0 aromatic rings. The highest BCUT2D eigenvalue weighted by Gasteiger charge is 2.14. The van der Waals surface area contributed by atoms with Crippen LogP contribution >= 0.6 is 24.0 Å². The van der Waals surface area contributed by atoms with E-state index in [-0.39, 0.29) is 24.0 Å². The van der Waals surface area contributed by atoms with E-state index in [4.69, 9.17) is 4.99 Å². The molecule has 0 spiro atoms. The van der Waals surface area contributed by atoms with Crippen LogP contribution in [0.1, 0.15) is 58.3 Å². The van der Waals surface area contributed by atoms with Crippen molar-refractivity contribution in [3.8, 4) is 0 Å². The van der Waals surface area contributed by atoms with Gasteiger partial charge in [-0.15, -0.1) is 24.0 Å². The van der Waals surface area contributed by atoms with Crippen molar-refractivity contribution in [3.63, 3.8) is 0 Å².